The highest BCUT2D eigenvalue weighted by Gasteiger charge is 2.25. The number of imidazole rings is 1. The van der Waals surface area contributed by atoms with Gasteiger partial charge >= 0.3 is 0 Å². The average Bonchev–Trinajstić information content (AvgIpc) is 2.98. The van der Waals surface area contributed by atoms with Crippen LogP contribution in [-0.4, -0.2) is 22.1 Å². The van der Waals surface area contributed by atoms with Crippen LogP contribution >= 0.6 is 0 Å². The summed E-state index contributed by atoms with van der Waals surface area (Å²) in [7, 11) is 0. The second-order valence-electron chi connectivity index (χ2n) is 4.73. The fraction of sp³-hybridized carbons (Fsp3) is 0.692. The number of hydrogen-bond acceptors (Lipinski definition) is 3. The van der Waals surface area contributed by atoms with Crippen LogP contribution in [-0.2, 0) is 6.54 Å². The van der Waals surface area contributed by atoms with Crippen molar-refractivity contribution in [2.45, 2.75) is 44.7 Å². The van der Waals surface area contributed by atoms with Crippen LogP contribution < -0.4 is 5.32 Å². The number of aryl methyl sites for hydroxylation is 1. The van der Waals surface area contributed by atoms with Crippen molar-refractivity contribution >= 4 is 0 Å². The Bertz CT molecular complexity index is 352. The molecule has 1 fully saturated rings. The number of rotatable bonds is 6. The maximum atomic E-state index is 8.96. The molecule has 1 aromatic heterocycles. The summed E-state index contributed by atoms with van der Waals surface area (Å²) >= 11 is 0. The lowest BCUT2D eigenvalue weighted by atomic mass is 10.1. The first-order valence-corrected chi connectivity index (χ1v) is 6.49. The van der Waals surface area contributed by atoms with Crippen LogP contribution in [0.15, 0.2) is 18.7 Å². The van der Waals surface area contributed by atoms with Gasteiger partial charge in [0.1, 0.15) is 0 Å². The second-order valence-corrected chi connectivity index (χ2v) is 4.73. The lowest BCUT2D eigenvalue weighted by molar-refractivity contribution is 0.450. The number of nitrogens with one attached hydrogen (secondary N) is 1. The molecule has 0 spiro atoms. The van der Waals surface area contributed by atoms with Crippen LogP contribution in [0.1, 0.15) is 32.1 Å². The molecule has 2 unspecified atom stereocenters. The number of unbranched alkanes of at least 4 members (excludes halogenated alkanes) is 1. The van der Waals surface area contributed by atoms with Crippen LogP contribution in [0, 0.1) is 17.2 Å². The molecule has 1 aromatic rings. The summed E-state index contributed by atoms with van der Waals surface area (Å²) in [5, 5.41) is 12.5. The summed E-state index contributed by atoms with van der Waals surface area (Å²) in [5.41, 5.74) is 0. The maximum absolute atomic E-state index is 8.96. The Kier molecular flexibility index (Phi) is 4.57. The van der Waals surface area contributed by atoms with Crippen molar-refractivity contribution in [2.75, 3.05) is 6.54 Å². The summed E-state index contributed by atoms with van der Waals surface area (Å²) in [6.07, 6.45) is 11.4. The van der Waals surface area contributed by atoms with E-state index in [-0.39, 0.29) is 5.92 Å². The zero-order valence-corrected chi connectivity index (χ0v) is 10.2. The Labute approximate surface area is 103 Å². The lowest BCUT2D eigenvalue weighted by Gasteiger charge is -2.15. The van der Waals surface area contributed by atoms with Crippen molar-refractivity contribution in [1.82, 2.24) is 14.9 Å². The van der Waals surface area contributed by atoms with E-state index in [2.05, 4.69) is 20.9 Å². The largest absolute Gasteiger partial charge is 0.337 e. The fourth-order valence-electron chi connectivity index (χ4n) is 2.48. The number of nitrogens with zero attached hydrogens (tertiary/aromatic N) is 3. The number of hydrogen-bond donors (Lipinski definition) is 1. The Morgan fingerprint density at radius 3 is 3.12 bits per heavy atom. The molecule has 0 bridgehead atoms. The molecule has 1 heterocycles. The fourth-order valence-corrected chi connectivity index (χ4v) is 2.48. The van der Waals surface area contributed by atoms with Crippen LogP contribution in [0.4, 0.5) is 0 Å². The first-order chi connectivity index (χ1) is 8.40. The minimum absolute atomic E-state index is 0.239. The van der Waals surface area contributed by atoms with Crippen molar-refractivity contribution in [2.24, 2.45) is 5.92 Å². The Balaban J connectivity index is 1.56. The van der Waals surface area contributed by atoms with Gasteiger partial charge in [0.25, 0.3) is 0 Å². The molecule has 4 nitrogen and oxygen atoms in total. The van der Waals surface area contributed by atoms with Crippen LogP contribution in [0.5, 0.6) is 0 Å². The van der Waals surface area contributed by atoms with Gasteiger partial charge < -0.3 is 9.88 Å². The van der Waals surface area contributed by atoms with Crippen LogP contribution in [0.3, 0.4) is 0 Å². The molecule has 1 N–H and O–H groups in total. The Hall–Kier alpha value is -1.34. The molecule has 1 aliphatic rings. The molecule has 0 radical (unpaired) electrons. The van der Waals surface area contributed by atoms with Gasteiger partial charge in [-0.15, -0.1) is 0 Å². The van der Waals surface area contributed by atoms with E-state index in [1.165, 1.54) is 12.8 Å². The van der Waals surface area contributed by atoms with Gasteiger partial charge in [-0.2, -0.15) is 5.26 Å². The minimum Gasteiger partial charge on any atom is -0.337 e. The summed E-state index contributed by atoms with van der Waals surface area (Å²) in [6.45, 7) is 2.06. The first-order valence-electron chi connectivity index (χ1n) is 6.49. The van der Waals surface area contributed by atoms with Crippen molar-refractivity contribution in [3.05, 3.63) is 18.7 Å². The van der Waals surface area contributed by atoms with E-state index in [4.69, 9.17) is 5.26 Å². The number of nitriles is 1. The minimum atomic E-state index is 0.239. The topological polar surface area (TPSA) is 53.6 Å². The average molecular weight is 232 g/mol. The van der Waals surface area contributed by atoms with Crippen molar-refractivity contribution < 1.29 is 0 Å². The van der Waals surface area contributed by atoms with E-state index in [1.54, 1.807) is 0 Å². The van der Waals surface area contributed by atoms with Gasteiger partial charge in [-0.25, -0.2) is 4.98 Å². The van der Waals surface area contributed by atoms with Gasteiger partial charge in [-0.1, -0.05) is 6.42 Å². The normalized spacial score (nSPS) is 23.7. The molecule has 4 heteroatoms. The van der Waals surface area contributed by atoms with Gasteiger partial charge in [0.05, 0.1) is 18.3 Å². The molecule has 17 heavy (non-hydrogen) atoms. The molecule has 2 rings (SSSR count). The smallest absolute Gasteiger partial charge is 0.0945 e. The van der Waals surface area contributed by atoms with Gasteiger partial charge in [-0.05, 0) is 32.2 Å². The molecular weight excluding hydrogens is 212 g/mol. The zero-order chi connectivity index (χ0) is 11.9. The Morgan fingerprint density at radius 1 is 1.41 bits per heavy atom. The molecule has 0 aromatic carbocycles. The first kappa shape index (κ1) is 12.1. The van der Waals surface area contributed by atoms with Gasteiger partial charge in [0.2, 0.25) is 0 Å². The van der Waals surface area contributed by atoms with E-state index in [9.17, 15) is 0 Å². The maximum Gasteiger partial charge on any atom is 0.0945 e. The number of aromatic nitrogens is 2. The monoisotopic (exact) mass is 232 g/mol. The molecule has 0 aliphatic heterocycles. The summed E-state index contributed by atoms with van der Waals surface area (Å²) in [4.78, 5) is 4.02. The van der Waals surface area contributed by atoms with Crippen molar-refractivity contribution in [3.8, 4) is 6.07 Å². The lowest BCUT2D eigenvalue weighted by Crippen LogP contribution is -2.32. The quantitative estimate of drug-likeness (QED) is 0.763. The van der Waals surface area contributed by atoms with Crippen LogP contribution in [0.25, 0.3) is 0 Å². The summed E-state index contributed by atoms with van der Waals surface area (Å²) in [5.74, 6) is 0.239. The van der Waals surface area contributed by atoms with Crippen LogP contribution in [0.2, 0.25) is 0 Å². The standard InChI is InChI=1S/C13H20N4/c14-10-12-4-3-5-13(12)16-6-1-2-8-17-9-7-15-11-17/h7,9,11-13,16H,1-6,8H2. The molecule has 2 atom stereocenters. The molecule has 0 saturated heterocycles. The second kappa shape index (κ2) is 6.41. The Morgan fingerprint density at radius 2 is 2.35 bits per heavy atom. The molecule has 1 saturated carbocycles. The predicted molar refractivity (Wildman–Crippen MR) is 66.2 cm³/mol. The van der Waals surface area contributed by atoms with E-state index in [1.807, 2.05) is 18.7 Å². The van der Waals surface area contributed by atoms with E-state index >= 15 is 0 Å². The zero-order valence-electron chi connectivity index (χ0n) is 10.2. The predicted octanol–water partition coefficient (Wildman–Crippen LogP) is 1.95. The highest BCUT2D eigenvalue weighted by molar-refractivity contribution is 4.96. The summed E-state index contributed by atoms with van der Waals surface area (Å²) < 4.78 is 2.10. The third-order valence-electron chi connectivity index (χ3n) is 3.49. The highest BCUT2D eigenvalue weighted by atomic mass is 15.0. The molecule has 92 valence electrons. The summed E-state index contributed by atoms with van der Waals surface area (Å²) in [6, 6.07) is 2.84. The molecular formula is C13H20N4. The molecule has 1 aliphatic carbocycles. The van der Waals surface area contributed by atoms with Gasteiger partial charge in [-0.3, -0.25) is 0 Å². The third kappa shape index (κ3) is 3.57. The van der Waals surface area contributed by atoms with Gasteiger partial charge in [0.15, 0.2) is 0 Å². The van der Waals surface area contributed by atoms with E-state index in [0.717, 1.165) is 32.4 Å². The highest BCUT2D eigenvalue weighted by Crippen LogP contribution is 2.24. The SMILES string of the molecule is N#CC1CCCC1NCCCCn1ccnc1. The van der Waals surface area contributed by atoms with Crippen molar-refractivity contribution in [1.29, 1.82) is 5.26 Å². The third-order valence-corrected chi connectivity index (χ3v) is 3.49. The van der Waals surface area contributed by atoms with Crippen molar-refractivity contribution in [3.63, 3.8) is 0 Å². The van der Waals surface area contributed by atoms with E-state index in [0.29, 0.717) is 6.04 Å². The van der Waals surface area contributed by atoms with E-state index < -0.39 is 0 Å². The molecule has 0 amide bonds. The van der Waals surface area contributed by atoms with Gasteiger partial charge in [0, 0.05) is 25.0 Å².